The number of nitriles is 1. The summed E-state index contributed by atoms with van der Waals surface area (Å²) in [5, 5.41) is 24.8. The first-order valence-electron chi connectivity index (χ1n) is 14.7. The average Bonchev–Trinajstić information content (AvgIpc) is 3.75. The molecule has 0 unspecified atom stereocenters. The van der Waals surface area contributed by atoms with Crippen molar-refractivity contribution in [1.82, 2.24) is 24.6 Å². The maximum atomic E-state index is 11.4. The van der Waals surface area contributed by atoms with E-state index < -0.39 is 5.97 Å². The highest BCUT2D eigenvalue weighted by Crippen LogP contribution is 2.39. The topological polar surface area (TPSA) is 111 Å². The zero-order valence-corrected chi connectivity index (χ0v) is 25.3. The maximum absolute atomic E-state index is 11.4. The van der Waals surface area contributed by atoms with Gasteiger partial charge in [0.2, 0.25) is 5.89 Å². The zero-order valence-electron chi connectivity index (χ0n) is 24.5. The Morgan fingerprint density at radius 3 is 2.75 bits per heavy atom. The van der Waals surface area contributed by atoms with Gasteiger partial charge in [-0.15, -0.1) is 0 Å². The third-order valence-corrected chi connectivity index (χ3v) is 9.22. The molecule has 0 spiro atoms. The van der Waals surface area contributed by atoms with Crippen LogP contribution in [0.2, 0.25) is 5.02 Å². The Labute approximate surface area is 259 Å². The molecule has 0 amide bonds. The van der Waals surface area contributed by atoms with Gasteiger partial charge in [0.05, 0.1) is 27.9 Å². The number of oxazole rings is 1. The SMILES string of the molecule is Cc1c(-c2nc3cc(CN4CC[C@H](C(=O)O)C4)cc(C#N)c3o2)cccc1-c1cccc(-n2cc3c(n2)CCN(C)C3)c1Cl. The van der Waals surface area contributed by atoms with Crippen molar-refractivity contribution in [2.45, 2.75) is 32.9 Å². The van der Waals surface area contributed by atoms with Gasteiger partial charge in [-0.1, -0.05) is 35.9 Å². The highest BCUT2D eigenvalue weighted by Gasteiger charge is 2.28. The van der Waals surface area contributed by atoms with Crippen LogP contribution in [-0.4, -0.2) is 62.3 Å². The summed E-state index contributed by atoms with van der Waals surface area (Å²) in [6.45, 7) is 5.63. The number of fused-ring (bicyclic) bond motifs is 2. The number of nitrogens with zero attached hydrogens (tertiary/aromatic N) is 6. The van der Waals surface area contributed by atoms with Gasteiger partial charge in [0.25, 0.3) is 0 Å². The van der Waals surface area contributed by atoms with Crippen LogP contribution in [0.25, 0.3) is 39.4 Å². The highest BCUT2D eigenvalue weighted by atomic mass is 35.5. The van der Waals surface area contributed by atoms with Gasteiger partial charge in [0.1, 0.15) is 11.6 Å². The Morgan fingerprint density at radius 2 is 1.95 bits per heavy atom. The van der Waals surface area contributed by atoms with Gasteiger partial charge < -0.3 is 14.4 Å². The zero-order chi connectivity index (χ0) is 30.5. The van der Waals surface area contributed by atoms with Gasteiger partial charge in [-0.2, -0.15) is 10.4 Å². The standard InChI is InChI=1S/C34H31ClN6O3/c1-20-25(27-7-4-8-30(31(27)35)41-19-24-17-39(2)11-10-28(24)38-41)5-3-6-26(20)33-37-29-14-21(13-23(15-36)32(29)44-33)16-40-12-9-22(18-40)34(42)43/h3-8,13-14,19,22H,9-12,16-18H2,1-2H3,(H,42,43)/t22-/m0/s1. The van der Waals surface area contributed by atoms with E-state index in [0.717, 1.165) is 58.7 Å². The molecule has 1 fully saturated rings. The summed E-state index contributed by atoms with van der Waals surface area (Å²) >= 11 is 7.07. The van der Waals surface area contributed by atoms with E-state index in [9.17, 15) is 15.2 Å². The van der Waals surface area contributed by atoms with Gasteiger partial charge in [0.15, 0.2) is 5.58 Å². The molecule has 1 N–H and O–H groups in total. The fraction of sp³-hybridized carbons (Fsp3) is 0.294. The number of hydrogen-bond donors (Lipinski definition) is 1. The fourth-order valence-corrected chi connectivity index (χ4v) is 6.77. The number of hydrogen-bond acceptors (Lipinski definition) is 7. The van der Waals surface area contributed by atoms with Gasteiger partial charge in [-0.25, -0.2) is 9.67 Å². The van der Waals surface area contributed by atoms with Crippen molar-refractivity contribution in [3.63, 3.8) is 0 Å². The minimum Gasteiger partial charge on any atom is -0.481 e. The van der Waals surface area contributed by atoms with E-state index in [4.69, 9.17) is 26.1 Å². The number of aromatic nitrogens is 3. The van der Waals surface area contributed by atoms with Gasteiger partial charge in [-0.3, -0.25) is 9.69 Å². The van der Waals surface area contributed by atoms with E-state index >= 15 is 0 Å². The van der Waals surface area contributed by atoms with E-state index in [1.807, 2.05) is 60.1 Å². The first-order valence-corrected chi connectivity index (χ1v) is 15.1. The van der Waals surface area contributed by atoms with Gasteiger partial charge >= 0.3 is 5.97 Å². The van der Waals surface area contributed by atoms with Crippen molar-refractivity contribution in [2.24, 2.45) is 5.92 Å². The summed E-state index contributed by atoms with van der Waals surface area (Å²) in [6, 6.07) is 17.9. The molecule has 5 aromatic rings. The third kappa shape index (κ3) is 5.05. The smallest absolute Gasteiger partial charge is 0.307 e. The van der Waals surface area contributed by atoms with Crippen molar-refractivity contribution in [2.75, 3.05) is 26.7 Å². The summed E-state index contributed by atoms with van der Waals surface area (Å²) in [5.74, 6) is -0.694. The lowest BCUT2D eigenvalue weighted by Crippen LogP contribution is -2.25. The number of likely N-dealkylation sites (N-methyl/N-ethyl adjacent to an activating group) is 1. The quantitative estimate of drug-likeness (QED) is 0.248. The van der Waals surface area contributed by atoms with E-state index in [2.05, 4.69) is 29.1 Å². The predicted octanol–water partition coefficient (Wildman–Crippen LogP) is 6.08. The van der Waals surface area contributed by atoms with Crippen LogP contribution >= 0.6 is 11.6 Å². The van der Waals surface area contributed by atoms with Crippen molar-refractivity contribution in [1.29, 1.82) is 5.26 Å². The Bertz CT molecular complexity index is 1970. The Hall–Kier alpha value is -4.49. The number of carbonyl (C=O) groups is 1. The van der Waals surface area contributed by atoms with Crippen LogP contribution in [0.15, 0.2) is 59.1 Å². The van der Waals surface area contributed by atoms with Crippen LogP contribution in [0, 0.1) is 24.2 Å². The van der Waals surface area contributed by atoms with Crippen molar-refractivity contribution < 1.29 is 14.3 Å². The monoisotopic (exact) mass is 606 g/mol. The molecular formula is C34H31ClN6O3. The van der Waals surface area contributed by atoms with E-state index in [0.29, 0.717) is 53.6 Å². The third-order valence-electron chi connectivity index (χ3n) is 8.83. The molecule has 2 aliphatic heterocycles. The first kappa shape index (κ1) is 28.3. The second-order valence-corrected chi connectivity index (χ2v) is 12.2. The molecule has 4 heterocycles. The highest BCUT2D eigenvalue weighted by molar-refractivity contribution is 6.35. The van der Waals surface area contributed by atoms with E-state index in [1.165, 1.54) is 5.56 Å². The molecule has 0 bridgehead atoms. The number of carboxylic acids is 1. The summed E-state index contributed by atoms with van der Waals surface area (Å²) in [6.07, 6.45) is 3.62. The fourth-order valence-electron chi connectivity index (χ4n) is 6.46. The maximum Gasteiger partial charge on any atom is 0.307 e. The molecule has 3 aromatic carbocycles. The molecular weight excluding hydrogens is 576 g/mol. The molecule has 0 saturated carbocycles. The Morgan fingerprint density at radius 1 is 1.16 bits per heavy atom. The Kier molecular flexibility index (Phi) is 7.21. The molecule has 0 aliphatic carbocycles. The minimum atomic E-state index is -0.763. The molecule has 0 radical (unpaired) electrons. The lowest BCUT2D eigenvalue weighted by molar-refractivity contribution is -0.141. The van der Waals surface area contributed by atoms with Gasteiger partial charge in [0, 0.05) is 55.5 Å². The van der Waals surface area contributed by atoms with Crippen LogP contribution in [0.1, 0.15) is 34.4 Å². The van der Waals surface area contributed by atoms with Crippen molar-refractivity contribution in [3.05, 3.63) is 87.7 Å². The molecule has 7 rings (SSSR count). The molecule has 44 heavy (non-hydrogen) atoms. The predicted molar refractivity (Wildman–Crippen MR) is 168 cm³/mol. The second kappa shape index (κ2) is 11.2. The molecule has 222 valence electrons. The Balaban J connectivity index is 1.22. The lowest BCUT2D eigenvalue weighted by Gasteiger charge is -2.20. The second-order valence-electron chi connectivity index (χ2n) is 11.8. The molecule has 10 heteroatoms. The molecule has 2 aromatic heterocycles. The molecule has 9 nitrogen and oxygen atoms in total. The van der Waals surface area contributed by atoms with Gasteiger partial charge in [-0.05, 0) is 67.9 Å². The van der Waals surface area contributed by atoms with Crippen LogP contribution in [0.4, 0.5) is 0 Å². The minimum absolute atomic E-state index is 0.357. The summed E-state index contributed by atoms with van der Waals surface area (Å²) < 4.78 is 8.11. The summed E-state index contributed by atoms with van der Waals surface area (Å²) in [5.41, 5.74) is 9.11. The van der Waals surface area contributed by atoms with Crippen LogP contribution in [0.3, 0.4) is 0 Å². The van der Waals surface area contributed by atoms with Crippen molar-refractivity contribution in [3.8, 4) is 34.3 Å². The summed E-state index contributed by atoms with van der Waals surface area (Å²) in [4.78, 5) is 20.6. The van der Waals surface area contributed by atoms with E-state index in [1.54, 1.807) is 0 Å². The number of rotatable bonds is 6. The number of benzene rings is 3. The van der Waals surface area contributed by atoms with Crippen LogP contribution in [0.5, 0.6) is 0 Å². The van der Waals surface area contributed by atoms with E-state index in [-0.39, 0.29) is 5.92 Å². The lowest BCUT2D eigenvalue weighted by atomic mass is 9.96. The molecule has 1 atom stereocenters. The number of aliphatic carboxylic acids is 1. The number of halogens is 1. The normalized spacial score (nSPS) is 17.2. The summed E-state index contributed by atoms with van der Waals surface area (Å²) in [7, 11) is 2.12. The average molecular weight is 607 g/mol. The molecule has 1 saturated heterocycles. The first-order chi connectivity index (χ1) is 21.3. The van der Waals surface area contributed by atoms with Crippen LogP contribution < -0.4 is 0 Å². The number of likely N-dealkylation sites (tertiary alicyclic amines) is 1. The van der Waals surface area contributed by atoms with Crippen LogP contribution in [-0.2, 0) is 24.3 Å². The largest absolute Gasteiger partial charge is 0.481 e. The van der Waals surface area contributed by atoms with Crippen molar-refractivity contribution >= 4 is 28.7 Å². The molecule has 2 aliphatic rings. The number of carboxylic acid groups (broad SMARTS) is 1.